The Morgan fingerprint density at radius 3 is 2.12 bits per heavy atom. The summed E-state index contributed by atoms with van der Waals surface area (Å²) in [6, 6.07) is 0. The molecule has 0 aromatic carbocycles. The van der Waals surface area contributed by atoms with E-state index in [2.05, 4.69) is 15.6 Å². The van der Waals surface area contributed by atoms with Gasteiger partial charge in [0.1, 0.15) is 0 Å². The van der Waals surface area contributed by atoms with Crippen molar-refractivity contribution >= 4 is 35.8 Å². The molecule has 6 heteroatoms. The normalized spacial score (nSPS) is 11.5. The largest absolute Gasteiger partial charge is 0.350 e. The summed E-state index contributed by atoms with van der Waals surface area (Å²) < 4.78 is 0. The lowest BCUT2D eigenvalue weighted by atomic mass is 10.1. The van der Waals surface area contributed by atoms with Crippen LogP contribution >= 0.6 is 24.0 Å². The van der Waals surface area contributed by atoms with Crippen LogP contribution in [0.25, 0.3) is 0 Å². The number of halogens is 1. The standard InChI is InChI=1S/C10H22N4O.HI/c1-10(2,3)13-8(15)7-12-9(11-4)14(5)6;/h7H2,1-6H3,(H,11,12)(H,13,15);1H. The first-order chi connectivity index (χ1) is 6.76. The molecule has 0 aliphatic rings. The number of carbonyl (C=O) groups is 1. The van der Waals surface area contributed by atoms with Gasteiger partial charge < -0.3 is 15.5 Å². The van der Waals surface area contributed by atoms with E-state index in [9.17, 15) is 4.79 Å². The van der Waals surface area contributed by atoms with E-state index in [1.807, 2.05) is 39.8 Å². The molecule has 0 radical (unpaired) electrons. The number of hydrogen-bond acceptors (Lipinski definition) is 2. The second-order valence-electron chi connectivity index (χ2n) is 4.59. The number of hydrogen-bond donors (Lipinski definition) is 2. The zero-order chi connectivity index (χ0) is 12.1. The Kier molecular flexibility index (Phi) is 8.59. The molecule has 0 aromatic rings. The van der Waals surface area contributed by atoms with E-state index in [0.29, 0.717) is 5.96 Å². The second kappa shape index (κ2) is 7.70. The fourth-order valence-electron chi connectivity index (χ4n) is 1.06. The highest BCUT2D eigenvalue weighted by Gasteiger charge is 2.13. The van der Waals surface area contributed by atoms with Crippen LogP contribution in [0, 0.1) is 0 Å². The number of rotatable bonds is 2. The number of nitrogens with zero attached hydrogens (tertiary/aromatic N) is 2. The Morgan fingerprint density at radius 1 is 1.31 bits per heavy atom. The first-order valence-corrected chi connectivity index (χ1v) is 4.95. The highest BCUT2D eigenvalue weighted by Crippen LogP contribution is 1.97. The van der Waals surface area contributed by atoms with Crippen LogP contribution in [-0.4, -0.2) is 50.0 Å². The number of amides is 1. The van der Waals surface area contributed by atoms with Gasteiger partial charge in [0.25, 0.3) is 0 Å². The summed E-state index contributed by atoms with van der Waals surface area (Å²) in [6.45, 7) is 6.09. The van der Waals surface area contributed by atoms with Crippen LogP contribution in [0.4, 0.5) is 0 Å². The molecule has 0 rings (SSSR count). The first kappa shape index (κ1) is 17.9. The Hall–Kier alpha value is -0.530. The number of nitrogens with one attached hydrogen (secondary N) is 2. The van der Waals surface area contributed by atoms with E-state index in [1.165, 1.54) is 0 Å². The fraction of sp³-hybridized carbons (Fsp3) is 0.800. The van der Waals surface area contributed by atoms with Crippen molar-refractivity contribution in [2.24, 2.45) is 4.99 Å². The van der Waals surface area contributed by atoms with Gasteiger partial charge in [-0.1, -0.05) is 0 Å². The summed E-state index contributed by atoms with van der Waals surface area (Å²) in [6.07, 6.45) is 0. The second-order valence-corrected chi connectivity index (χ2v) is 4.59. The van der Waals surface area contributed by atoms with E-state index in [0.717, 1.165) is 0 Å². The molecule has 2 N–H and O–H groups in total. The topological polar surface area (TPSA) is 56.7 Å². The number of carbonyl (C=O) groups excluding carboxylic acids is 1. The number of aliphatic imine (C=N–C) groups is 1. The molecule has 0 aliphatic heterocycles. The smallest absolute Gasteiger partial charge is 0.239 e. The molecule has 0 heterocycles. The van der Waals surface area contributed by atoms with Crippen LogP contribution in [0.5, 0.6) is 0 Å². The first-order valence-electron chi connectivity index (χ1n) is 4.95. The summed E-state index contributed by atoms with van der Waals surface area (Å²) in [5, 5.41) is 5.82. The summed E-state index contributed by atoms with van der Waals surface area (Å²) >= 11 is 0. The summed E-state index contributed by atoms with van der Waals surface area (Å²) in [7, 11) is 5.43. The van der Waals surface area contributed by atoms with Gasteiger partial charge in [0.2, 0.25) is 5.91 Å². The minimum atomic E-state index is -0.194. The maximum Gasteiger partial charge on any atom is 0.239 e. The van der Waals surface area contributed by atoms with E-state index in [4.69, 9.17) is 0 Å². The van der Waals surface area contributed by atoms with Crippen molar-refractivity contribution in [1.82, 2.24) is 15.5 Å². The molecule has 1 amide bonds. The van der Waals surface area contributed by atoms with E-state index in [-0.39, 0.29) is 42.0 Å². The van der Waals surface area contributed by atoms with Crippen LogP contribution in [0.1, 0.15) is 20.8 Å². The Balaban J connectivity index is 0. The predicted octanol–water partition coefficient (Wildman–Crippen LogP) is 0.656. The molecule has 0 bridgehead atoms. The lowest BCUT2D eigenvalue weighted by molar-refractivity contribution is -0.121. The zero-order valence-corrected chi connectivity index (χ0v) is 13.2. The van der Waals surface area contributed by atoms with Gasteiger partial charge in [-0.3, -0.25) is 9.79 Å². The van der Waals surface area contributed by atoms with Gasteiger partial charge in [-0.2, -0.15) is 0 Å². The third kappa shape index (κ3) is 8.75. The third-order valence-corrected chi connectivity index (χ3v) is 1.56. The molecule has 96 valence electrons. The van der Waals surface area contributed by atoms with E-state index >= 15 is 0 Å². The highest BCUT2D eigenvalue weighted by atomic mass is 127. The molecule has 0 saturated heterocycles. The van der Waals surface area contributed by atoms with Crippen molar-refractivity contribution in [3.8, 4) is 0 Å². The van der Waals surface area contributed by atoms with E-state index in [1.54, 1.807) is 7.05 Å². The van der Waals surface area contributed by atoms with Gasteiger partial charge in [-0.25, -0.2) is 0 Å². The van der Waals surface area contributed by atoms with Gasteiger partial charge in [-0.05, 0) is 20.8 Å². The van der Waals surface area contributed by atoms with Crippen LogP contribution in [0.3, 0.4) is 0 Å². The predicted molar refractivity (Wildman–Crippen MR) is 78.4 cm³/mol. The van der Waals surface area contributed by atoms with Gasteiger partial charge in [0.15, 0.2) is 5.96 Å². The molecule has 0 aromatic heterocycles. The molecule has 0 saturated carbocycles. The lowest BCUT2D eigenvalue weighted by Crippen LogP contribution is -2.47. The van der Waals surface area contributed by atoms with Crippen LogP contribution in [0.15, 0.2) is 4.99 Å². The van der Waals surface area contributed by atoms with Crippen LogP contribution in [0.2, 0.25) is 0 Å². The Labute approximate surface area is 115 Å². The summed E-state index contributed by atoms with van der Waals surface area (Å²) in [5.74, 6) is 0.657. The minimum Gasteiger partial charge on any atom is -0.350 e. The lowest BCUT2D eigenvalue weighted by Gasteiger charge is -2.22. The van der Waals surface area contributed by atoms with Crippen LogP contribution < -0.4 is 10.6 Å². The average molecular weight is 342 g/mol. The monoisotopic (exact) mass is 342 g/mol. The SMILES string of the molecule is CN=C(NCC(=O)NC(C)(C)C)N(C)C.I. The highest BCUT2D eigenvalue weighted by molar-refractivity contribution is 14.0. The molecule has 0 aliphatic carbocycles. The third-order valence-electron chi connectivity index (χ3n) is 1.56. The zero-order valence-electron chi connectivity index (χ0n) is 10.9. The summed E-state index contributed by atoms with van der Waals surface area (Å²) in [5.41, 5.74) is -0.194. The molecule has 0 spiro atoms. The number of guanidine groups is 1. The van der Waals surface area contributed by atoms with Gasteiger partial charge >= 0.3 is 0 Å². The molecule has 0 atom stereocenters. The van der Waals surface area contributed by atoms with Gasteiger partial charge in [0.05, 0.1) is 6.54 Å². The van der Waals surface area contributed by atoms with Crippen molar-refractivity contribution in [3.63, 3.8) is 0 Å². The van der Waals surface area contributed by atoms with Crippen molar-refractivity contribution < 1.29 is 4.79 Å². The Bertz CT molecular complexity index is 246. The van der Waals surface area contributed by atoms with E-state index < -0.39 is 0 Å². The molecule has 16 heavy (non-hydrogen) atoms. The maximum atomic E-state index is 11.5. The van der Waals surface area contributed by atoms with Crippen molar-refractivity contribution in [2.45, 2.75) is 26.3 Å². The quantitative estimate of drug-likeness (QED) is 0.440. The molecular formula is C10H23IN4O. The molecule has 5 nitrogen and oxygen atoms in total. The maximum absolute atomic E-state index is 11.5. The van der Waals surface area contributed by atoms with Gasteiger partial charge in [0, 0.05) is 26.7 Å². The molecule has 0 fully saturated rings. The summed E-state index contributed by atoms with van der Waals surface area (Å²) in [4.78, 5) is 17.3. The van der Waals surface area contributed by atoms with Crippen molar-refractivity contribution in [3.05, 3.63) is 0 Å². The average Bonchev–Trinajstić information content (AvgIpc) is 2.01. The molecular weight excluding hydrogens is 319 g/mol. The molecule has 0 unspecified atom stereocenters. The van der Waals surface area contributed by atoms with Crippen LogP contribution in [-0.2, 0) is 4.79 Å². The fourth-order valence-corrected chi connectivity index (χ4v) is 1.06. The Morgan fingerprint density at radius 2 is 1.81 bits per heavy atom. The minimum absolute atomic E-state index is 0. The van der Waals surface area contributed by atoms with Crippen molar-refractivity contribution in [2.75, 3.05) is 27.7 Å². The van der Waals surface area contributed by atoms with Gasteiger partial charge in [-0.15, -0.1) is 24.0 Å². The van der Waals surface area contributed by atoms with Crippen molar-refractivity contribution in [1.29, 1.82) is 0 Å².